The molecule has 14 N–H and O–H groups in total. The first kappa shape index (κ1) is 40.1. The van der Waals surface area contributed by atoms with Crippen LogP contribution in [0.15, 0.2) is 0 Å². The van der Waals surface area contributed by atoms with Gasteiger partial charge in [0.2, 0.25) is 29.5 Å². The zero-order chi connectivity index (χ0) is 34.9. The second-order valence-corrected chi connectivity index (χ2v) is 9.26. The van der Waals surface area contributed by atoms with E-state index in [-0.39, 0.29) is 6.42 Å². The minimum absolute atomic E-state index is 0.312. The molecule has 0 aliphatic heterocycles. The summed E-state index contributed by atoms with van der Waals surface area (Å²) in [5.74, 6) is -12.2. The number of aliphatic carboxylic acids is 4. The molecule has 0 aliphatic carbocycles. The molecule has 0 aromatic carbocycles. The minimum atomic E-state index is -1.98. The van der Waals surface area contributed by atoms with Crippen molar-refractivity contribution in [2.75, 3.05) is 19.8 Å². The van der Waals surface area contributed by atoms with Crippen molar-refractivity contribution in [3.63, 3.8) is 0 Å². The van der Waals surface area contributed by atoms with E-state index in [0.717, 1.165) is 0 Å². The van der Waals surface area contributed by atoms with Crippen molar-refractivity contribution in [2.45, 2.75) is 68.4 Å². The third-order valence-electron chi connectivity index (χ3n) is 5.73. The van der Waals surface area contributed by atoms with Gasteiger partial charge in [-0.2, -0.15) is 0 Å². The lowest BCUT2D eigenvalue weighted by Crippen LogP contribution is -2.61. The second kappa shape index (κ2) is 20.1. The molecule has 0 rings (SSSR count). The average Bonchev–Trinajstić information content (AvgIpc) is 2.96. The number of amides is 5. The molecule has 0 aliphatic rings. The van der Waals surface area contributed by atoms with Crippen LogP contribution >= 0.6 is 0 Å². The summed E-state index contributed by atoms with van der Waals surface area (Å²) >= 11 is 0. The van der Waals surface area contributed by atoms with Crippen LogP contribution in [0.1, 0.15) is 32.1 Å². The maximum absolute atomic E-state index is 12.7. The Morgan fingerprint density at radius 2 is 0.800 bits per heavy atom. The number of rotatable bonds is 22. The lowest BCUT2D eigenvalue weighted by molar-refractivity contribution is -0.144. The Hall–Kier alpha value is -4.93. The summed E-state index contributed by atoms with van der Waals surface area (Å²) in [5.41, 5.74) is 5.52. The highest BCUT2D eigenvalue weighted by atomic mass is 16.4. The standard InChI is InChI=1S/C23H36N6O16/c24-9(1-3-15(33)34)18(39)27-12(6-30)21(42)29-14(8-32)22(43)28-13(7-31)20(41)26-11(5-17(37)38)19(40)25-10(23(44)45)2-4-16(35)36/h9-14,30-32H,1-8,24H2,(H,25,40)(H,26,41)(H,27,39)(H,28,43)(H,29,42)(H,33,34)(H,35,36)(H,37,38)(H,44,45)/t9-,10-,11-,12-,13-,14-/m0/s1. The molecule has 45 heavy (non-hydrogen) atoms. The molecule has 5 amide bonds. The summed E-state index contributed by atoms with van der Waals surface area (Å²) in [4.78, 5) is 106. The number of nitrogens with one attached hydrogen (secondary N) is 5. The molecule has 254 valence electrons. The van der Waals surface area contributed by atoms with Gasteiger partial charge in [-0.15, -0.1) is 0 Å². The van der Waals surface area contributed by atoms with Crippen molar-refractivity contribution < 1.29 is 78.9 Å². The average molecular weight is 653 g/mol. The largest absolute Gasteiger partial charge is 0.481 e. The highest BCUT2D eigenvalue weighted by molar-refractivity contribution is 5.97. The van der Waals surface area contributed by atoms with E-state index in [4.69, 9.17) is 21.1 Å². The van der Waals surface area contributed by atoms with E-state index in [1.807, 2.05) is 26.6 Å². The maximum atomic E-state index is 12.7. The monoisotopic (exact) mass is 652 g/mol. The molecule has 0 saturated heterocycles. The molecule has 0 heterocycles. The van der Waals surface area contributed by atoms with Crippen LogP contribution in [0.25, 0.3) is 0 Å². The number of hydrogen-bond acceptors (Lipinski definition) is 13. The van der Waals surface area contributed by atoms with Crippen molar-refractivity contribution in [1.29, 1.82) is 0 Å². The van der Waals surface area contributed by atoms with Crippen molar-refractivity contribution in [1.82, 2.24) is 26.6 Å². The van der Waals surface area contributed by atoms with Gasteiger partial charge in [-0.3, -0.25) is 38.4 Å². The van der Waals surface area contributed by atoms with Crippen LogP contribution in [0.5, 0.6) is 0 Å². The van der Waals surface area contributed by atoms with E-state index in [0.29, 0.717) is 0 Å². The highest BCUT2D eigenvalue weighted by Crippen LogP contribution is 2.03. The lowest BCUT2D eigenvalue weighted by atomic mass is 10.1. The second-order valence-electron chi connectivity index (χ2n) is 9.26. The summed E-state index contributed by atoms with van der Waals surface area (Å²) in [6.07, 6.45) is -3.17. The summed E-state index contributed by atoms with van der Waals surface area (Å²) in [6.45, 7) is -3.33. The van der Waals surface area contributed by atoms with Crippen LogP contribution in [0.4, 0.5) is 0 Å². The van der Waals surface area contributed by atoms with Gasteiger partial charge in [-0.25, -0.2) is 4.79 Å². The Labute approximate surface area is 253 Å². The Balaban J connectivity index is 5.50. The van der Waals surface area contributed by atoms with Gasteiger partial charge in [0.15, 0.2) is 0 Å². The zero-order valence-corrected chi connectivity index (χ0v) is 23.5. The molecular formula is C23H36N6O16. The van der Waals surface area contributed by atoms with Crippen LogP contribution in [0.2, 0.25) is 0 Å². The van der Waals surface area contributed by atoms with Crippen LogP contribution in [0, 0.1) is 0 Å². The van der Waals surface area contributed by atoms with E-state index in [9.17, 15) is 63.6 Å². The first-order valence-electron chi connectivity index (χ1n) is 12.9. The van der Waals surface area contributed by atoms with E-state index in [1.54, 1.807) is 0 Å². The number of carbonyl (C=O) groups excluding carboxylic acids is 5. The predicted molar refractivity (Wildman–Crippen MR) is 143 cm³/mol. The molecule has 6 atom stereocenters. The molecule has 22 nitrogen and oxygen atoms in total. The number of nitrogens with two attached hydrogens (primary N) is 1. The van der Waals surface area contributed by atoms with Gasteiger partial charge in [0, 0.05) is 12.8 Å². The van der Waals surface area contributed by atoms with E-state index in [1.165, 1.54) is 0 Å². The summed E-state index contributed by atoms with van der Waals surface area (Å²) in [6, 6.07) is -10.7. The number of carboxylic acid groups (broad SMARTS) is 4. The van der Waals surface area contributed by atoms with Crippen molar-refractivity contribution in [2.24, 2.45) is 5.73 Å². The molecule has 0 spiro atoms. The molecule has 22 heteroatoms. The number of aliphatic hydroxyl groups excluding tert-OH is 3. The Morgan fingerprint density at radius 3 is 1.16 bits per heavy atom. The van der Waals surface area contributed by atoms with Crippen molar-refractivity contribution in [3.8, 4) is 0 Å². The summed E-state index contributed by atoms with van der Waals surface area (Å²) in [5, 5.41) is 74.0. The van der Waals surface area contributed by atoms with Gasteiger partial charge in [-0.1, -0.05) is 0 Å². The van der Waals surface area contributed by atoms with E-state index >= 15 is 0 Å². The number of carboxylic acids is 4. The molecule has 0 saturated carbocycles. The zero-order valence-electron chi connectivity index (χ0n) is 23.5. The molecule has 0 fully saturated rings. The third kappa shape index (κ3) is 15.4. The quantitative estimate of drug-likeness (QED) is 0.0516. The van der Waals surface area contributed by atoms with Gasteiger partial charge in [0.05, 0.1) is 32.3 Å². The third-order valence-corrected chi connectivity index (χ3v) is 5.73. The first-order valence-corrected chi connectivity index (χ1v) is 12.9. The molecule has 0 aromatic rings. The molecule has 0 unspecified atom stereocenters. The van der Waals surface area contributed by atoms with E-state index in [2.05, 4.69) is 0 Å². The first-order chi connectivity index (χ1) is 21.0. The smallest absolute Gasteiger partial charge is 0.326 e. The molecule has 0 radical (unpaired) electrons. The number of carbonyl (C=O) groups is 9. The Morgan fingerprint density at radius 1 is 0.467 bits per heavy atom. The fourth-order valence-electron chi connectivity index (χ4n) is 3.27. The van der Waals surface area contributed by atoms with Gasteiger partial charge in [0.1, 0.15) is 30.2 Å². The topological polar surface area (TPSA) is 381 Å². The lowest BCUT2D eigenvalue weighted by Gasteiger charge is -2.25. The summed E-state index contributed by atoms with van der Waals surface area (Å²) < 4.78 is 0. The Kier molecular flexibility index (Phi) is 17.9. The fourth-order valence-corrected chi connectivity index (χ4v) is 3.27. The van der Waals surface area contributed by atoms with Gasteiger partial charge in [-0.05, 0) is 12.8 Å². The van der Waals surface area contributed by atoms with Crippen LogP contribution in [-0.2, 0) is 43.2 Å². The normalized spacial score (nSPS) is 14.7. The minimum Gasteiger partial charge on any atom is -0.481 e. The Bertz CT molecular complexity index is 1120. The molecule has 0 bridgehead atoms. The van der Waals surface area contributed by atoms with Gasteiger partial charge >= 0.3 is 23.9 Å². The fraction of sp³-hybridized carbons (Fsp3) is 0.609. The van der Waals surface area contributed by atoms with Crippen LogP contribution in [-0.4, -0.2) is 145 Å². The SMILES string of the molecule is N[C@@H](CCC(=O)O)C(=O)N[C@@H](CO)C(=O)N[C@@H](CO)C(=O)N[C@@H](CO)C(=O)N[C@@H](CC(=O)O)C(=O)N[C@@H](CCC(=O)O)C(=O)O. The maximum Gasteiger partial charge on any atom is 0.326 e. The van der Waals surface area contributed by atoms with Gasteiger partial charge in [0.25, 0.3) is 0 Å². The predicted octanol–water partition coefficient (Wildman–Crippen LogP) is -7.00. The van der Waals surface area contributed by atoms with Crippen LogP contribution in [0.3, 0.4) is 0 Å². The number of hydrogen-bond donors (Lipinski definition) is 13. The number of aliphatic hydroxyl groups is 3. The molecular weight excluding hydrogens is 616 g/mol. The highest BCUT2D eigenvalue weighted by Gasteiger charge is 2.33. The van der Waals surface area contributed by atoms with E-state index < -0.39 is 135 Å². The van der Waals surface area contributed by atoms with Crippen molar-refractivity contribution >= 4 is 53.4 Å². The van der Waals surface area contributed by atoms with Crippen molar-refractivity contribution in [3.05, 3.63) is 0 Å². The summed E-state index contributed by atoms with van der Waals surface area (Å²) in [7, 11) is 0. The van der Waals surface area contributed by atoms with Crippen LogP contribution < -0.4 is 32.3 Å². The van der Waals surface area contributed by atoms with Gasteiger partial charge < -0.3 is 68.1 Å². The molecule has 0 aromatic heterocycles.